The maximum Gasteiger partial charge on any atom is 0.242 e. The van der Waals surface area contributed by atoms with E-state index >= 15 is 0 Å². The minimum absolute atomic E-state index is 0.136. The van der Waals surface area contributed by atoms with Gasteiger partial charge in [0.05, 0.1) is 18.4 Å². The van der Waals surface area contributed by atoms with E-state index in [-0.39, 0.29) is 23.8 Å². The first kappa shape index (κ1) is 19.0. The zero-order valence-electron chi connectivity index (χ0n) is 14.5. The molecule has 7 heteroatoms. The number of nitrogens with one attached hydrogen (secondary N) is 1. The van der Waals surface area contributed by atoms with Crippen molar-refractivity contribution in [3.63, 3.8) is 0 Å². The van der Waals surface area contributed by atoms with Crippen molar-refractivity contribution in [1.82, 2.24) is 9.62 Å². The third kappa shape index (κ3) is 4.58. The zero-order valence-corrected chi connectivity index (χ0v) is 15.3. The smallest absolute Gasteiger partial charge is 0.242 e. The first-order chi connectivity index (χ1) is 11.9. The van der Waals surface area contributed by atoms with Crippen LogP contribution in [0.4, 0.5) is 0 Å². The predicted molar refractivity (Wildman–Crippen MR) is 95.9 cm³/mol. The summed E-state index contributed by atoms with van der Waals surface area (Å²) in [5.74, 6) is 0.440. The van der Waals surface area contributed by atoms with E-state index in [1.165, 1.54) is 20.2 Å². The molecule has 134 valence electrons. The van der Waals surface area contributed by atoms with Crippen molar-refractivity contribution in [2.75, 3.05) is 21.2 Å². The van der Waals surface area contributed by atoms with Gasteiger partial charge >= 0.3 is 0 Å². The summed E-state index contributed by atoms with van der Waals surface area (Å²) < 4.78 is 31.1. The number of amides is 1. The van der Waals surface area contributed by atoms with Crippen LogP contribution < -0.4 is 10.1 Å². The van der Waals surface area contributed by atoms with Crippen molar-refractivity contribution in [2.45, 2.75) is 17.9 Å². The van der Waals surface area contributed by atoms with Gasteiger partial charge in [-0.25, -0.2) is 12.7 Å². The van der Waals surface area contributed by atoms with Gasteiger partial charge in [-0.2, -0.15) is 0 Å². The Kier molecular flexibility index (Phi) is 6.17. The lowest BCUT2D eigenvalue weighted by molar-refractivity contribution is -0.120. The van der Waals surface area contributed by atoms with Gasteiger partial charge in [-0.05, 0) is 17.7 Å². The number of methoxy groups -OCH3 is 1. The fraction of sp³-hybridized carbons (Fsp3) is 0.278. The van der Waals surface area contributed by atoms with Crippen LogP contribution >= 0.6 is 0 Å². The molecule has 0 aliphatic heterocycles. The number of carbonyl (C=O) groups excluding carboxylic acids is 1. The van der Waals surface area contributed by atoms with Crippen LogP contribution in [0.25, 0.3) is 0 Å². The summed E-state index contributed by atoms with van der Waals surface area (Å²) in [5.41, 5.74) is 1.32. The van der Waals surface area contributed by atoms with Gasteiger partial charge < -0.3 is 10.1 Å². The number of ether oxygens (including phenoxy) is 1. The molecule has 0 fully saturated rings. The summed E-state index contributed by atoms with van der Waals surface area (Å²) in [6.45, 7) is 0.136. The number of nitrogens with zero attached hydrogens (tertiary/aromatic N) is 1. The number of sulfonamides is 1. The standard InChI is InChI=1S/C18H22N2O4S/c1-20(2)25(22,23)17-11-7-5-9-15(17)13-19-18(21)12-14-8-4-6-10-16(14)24-3/h4-11H,12-13H2,1-3H3,(H,19,21). The van der Waals surface area contributed by atoms with E-state index in [9.17, 15) is 13.2 Å². The molecule has 0 spiro atoms. The Morgan fingerprint density at radius 1 is 1.04 bits per heavy atom. The minimum Gasteiger partial charge on any atom is -0.496 e. The van der Waals surface area contributed by atoms with Crippen LogP contribution in [0.3, 0.4) is 0 Å². The molecule has 1 N–H and O–H groups in total. The van der Waals surface area contributed by atoms with Gasteiger partial charge in [-0.1, -0.05) is 36.4 Å². The molecule has 25 heavy (non-hydrogen) atoms. The van der Waals surface area contributed by atoms with Gasteiger partial charge in [0.1, 0.15) is 5.75 Å². The van der Waals surface area contributed by atoms with Crippen molar-refractivity contribution in [3.05, 3.63) is 59.7 Å². The average molecular weight is 362 g/mol. The van der Waals surface area contributed by atoms with Crippen LogP contribution in [0.1, 0.15) is 11.1 Å². The third-order valence-corrected chi connectivity index (χ3v) is 5.67. The van der Waals surface area contributed by atoms with Crippen LogP contribution in [-0.4, -0.2) is 39.8 Å². The van der Waals surface area contributed by atoms with Crippen LogP contribution in [0.15, 0.2) is 53.4 Å². The fourth-order valence-electron chi connectivity index (χ4n) is 2.38. The molecule has 0 saturated carbocycles. The van der Waals surface area contributed by atoms with E-state index in [1.54, 1.807) is 31.4 Å². The largest absolute Gasteiger partial charge is 0.496 e. The number of carbonyl (C=O) groups is 1. The van der Waals surface area contributed by atoms with E-state index in [0.29, 0.717) is 11.3 Å². The molecule has 0 unspecified atom stereocenters. The lowest BCUT2D eigenvalue weighted by Crippen LogP contribution is -2.28. The molecular weight excluding hydrogens is 340 g/mol. The van der Waals surface area contributed by atoms with Crippen LogP contribution in [0, 0.1) is 0 Å². The highest BCUT2D eigenvalue weighted by molar-refractivity contribution is 7.89. The topological polar surface area (TPSA) is 75.7 Å². The summed E-state index contributed by atoms with van der Waals surface area (Å²) in [4.78, 5) is 12.4. The molecule has 0 heterocycles. The fourth-order valence-corrected chi connectivity index (χ4v) is 3.49. The second-order valence-electron chi connectivity index (χ2n) is 5.66. The summed E-state index contributed by atoms with van der Waals surface area (Å²) in [5, 5.41) is 2.77. The second kappa shape index (κ2) is 8.13. The van der Waals surface area contributed by atoms with Crippen molar-refractivity contribution in [1.29, 1.82) is 0 Å². The summed E-state index contributed by atoms with van der Waals surface area (Å²) >= 11 is 0. The molecule has 1 amide bonds. The molecule has 2 aromatic rings. The van der Waals surface area contributed by atoms with Gasteiger partial charge in [0.15, 0.2) is 0 Å². The average Bonchev–Trinajstić information content (AvgIpc) is 2.60. The van der Waals surface area contributed by atoms with Crippen molar-refractivity contribution < 1.29 is 17.9 Å². The van der Waals surface area contributed by atoms with Crippen LogP contribution in [0.2, 0.25) is 0 Å². The lowest BCUT2D eigenvalue weighted by atomic mass is 10.1. The number of para-hydroxylation sites is 1. The van der Waals surface area contributed by atoms with E-state index in [0.717, 1.165) is 9.87 Å². The zero-order chi connectivity index (χ0) is 18.4. The highest BCUT2D eigenvalue weighted by Gasteiger charge is 2.20. The number of rotatable bonds is 7. The van der Waals surface area contributed by atoms with E-state index in [2.05, 4.69) is 5.32 Å². The highest BCUT2D eigenvalue weighted by Crippen LogP contribution is 2.19. The molecule has 0 saturated heterocycles. The molecule has 0 aromatic heterocycles. The summed E-state index contributed by atoms with van der Waals surface area (Å²) in [7, 11) is 0.949. The predicted octanol–water partition coefficient (Wildman–Crippen LogP) is 1.80. The first-order valence-electron chi connectivity index (χ1n) is 7.75. The van der Waals surface area contributed by atoms with E-state index < -0.39 is 10.0 Å². The molecule has 0 atom stereocenters. The van der Waals surface area contributed by atoms with Crippen molar-refractivity contribution >= 4 is 15.9 Å². The number of benzene rings is 2. The molecule has 0 aliphatic rings. The number of hydrogen-bond acceptors (Lipinski definition) is 4. The Bertz CT molecular complexity index is 848. The maximum absolute atomic E-state index is 12.4. The van der Waals surface area contributed by atoms with E-state index in [4.69, 9.17) is 4.74 Å². The van der Waals surface area contributed by atoms with Crippen molar-refractivity contribution in [3.8, 4) is 5.75 Å². The quantitative estimate of drug-likeness (QED) is 0.815. The molecular formula is C18H22N2O4S. The molecule has 2 aromatic carbocycles. The Hall–Kier alpha value is -2.38. The van der Waals surface area contributed by atoms with E-state index in [1.807, 2.05) is 18.2 Å². The maximum atomic E-state index is 12.4. The van der Waals surface area contributed by atoms with Crippen LogP contribution in [0.5, 0.6) is 5.75 Å². The van der Waals surface area contributed by atoms with Gasteiger partial charge in [0.25, 0.3) is 0 Å². The summed E-state index contributed by atoms with van der Waals surface area (Å²) in [6, 6.07) is 13.9. The van der Waals surface area contributed by atoms with Gasteiger partial charge in [-0.3, -0.25) is 4.79 Å². The Balaban J connectivity index is 2.11. The van der Waals surface area contributed by atoms with Crippen molar-refractivity contribution in [2.24, 2.45) is 0 Å². The SMILES string of the molecule is COc1ccccc1CC(=O)NCc1ccccc1S(=O)(=O)N(C)C. The normalized spacial score (nSPS) is 11.4. The number of hydrogen-bond donors (Lipinski definition) is 1. The van der Waals surface area contributed by atoms with Crippen LogP contribution in [-0.2, 0) is 27.8 Å². The monoisotopic (exact) mass is 362 g/mol. The lowest BCUT2D eigenvalue weighted by Gasteiger charge is -2.15. The summed E-state index contributed by atoms with van der Waals surface area (Å²) in [6.07, 6.45) is 0.159. The molecule has 2 rings (SSSR count). The van der Waals surface area contributed by atoms with Gasteiger partial charge in [0, 0.05) is 26.2 Å². The molecule has 0 bridgehead atoms. The molecule has 0 radical (unpaired) electrons. The molecule has 0 aliphatic carbocycles. The minimum atomic E-state index is -3.56. The Labute approximate surface area is 148 Å². The first-order valence-corrected chi connectivity index (χ1v) is 9.19. The third-order valence-electron chi connectivity index (χ3n) is 3.75. The molecule has 6 nitrogen and oxygen atoms in total. The Morgan fingerprint density at radius 2 is 1.64 bits per heavy atom. The Morgan fingerprint density at radius 3 is 2.28 bits per heavy atom. The highest BCUT2D eigenvalue weighted by atomic mass is 32.2. The second-order valence-corrected chi connectivity index (χ2v) is 7.78. The van der Waals surface area contributed by atoms with Gasteiger partial charge in [0.2, 0.25) is 15.9 Å². The van der Waals surface area contributed by atoms with Gasteiger partial charge in [-0.15, -0.1) is 0 Å².